The van der Waals surface area contributed by atoms with Crippen LogP contribution in [0.1, 0.15) is 39.7 Å². The molecule has 0 aliphatic rings. The number of hydrogen-bond acceptors (Lipinski definition) is 9. The topological polar surface area (TPSA) is 122 Å². The Morgan fingerprint density at radius 1 is 0.930 bits per heavy atom. The van der Waals surface area contributed by atoms with Crippen molar-refractivity contribution >= 4 is 44.3 Å². The monoisotopic (exact) mass is 628 g/mol. The van der Waals surface area contributed by atoms with Crippen LogP contribution in [0.3, 0.4) is 0 Å². The fourth-order valence-electron chi connectivity index (χ4n) is 3.94. The van der Waals surface area contributed by atoms with Gasteiger partial charge >= 0.3 is 0 Å². The van der Waals surface area contributed by atoms with Crippen LogP contribution < -0.4 is 19.5 Å². The molecule has 3 heterocycles. The van der Waals surface area contributed by atoms with Crippen LogP contribution in [0.2, 0.25) is 5.28 Å². The predicted octanol–water partition coefficient (Wildman–Crippen LogP) is 7.03. The highest BCUT2D eigenvalue weighted by Gasteiger charge is 2.22. The highest BCUT2D eigenvalue weighted by atomic mass is 35.5. The van der Waals surface area contributed by atoms with Gasteiger partial charge in [-0.3, -0.25) is 0 Å². The number of methoxy groups -OCH3 is 3. The highest BCUT2D eigenvalue weighted by molar-refractivity contribution is 7.90. The molecular formula is C30H37ClN6O5S. The van der Waals surface area contributed by atoms with Crippen LogP contribution in [0, 0.1) is 6.92 Å². The molecular weight excluding hydrogens is 592 g/mol. The van der Waals surface area contributed by atoms with Gasteiger partial charge in [-0.2, -0.15) is 9.97 Å². The number of ether oxygens (including phenoxy) is 3. The predicted molar refractivity (Wildman–Crippen MR) is 170 cm³/mol. The number of aromatic nitrogens is 5. The number of fused-ring (bicyclic) bond motifs is 1. The molecule has 0 saturated heterocycles. The molecule has 0 saturated carbocycles. The first kappa shape index (κ1) is 33.2. The Kier molecular flexibility index (Phi) is 11.4. The Balaban J connectivity index is 0.000000953. The van der Waals surface area contributed by atoms with E-state index in [9.17, 15) is 8.42 Å². The number of nitrogens with zero attached hydrogens (tertiary/aromatic N) is 5. The SMILES string of the molecule is CC.CCC.COc1cc(-n2cnc(Nc3nc(Cl)nc4c3ccn4S(=O)(=O)c3ccc(C)cc3)c2)cc(OC)c1OC. The Hall–Kier alpha value is -4.29. The molecule has 0 atom stereocenters. The molecule has 0 aliphatic carbocycles. The van der Waals surface area contributed by atoms with Crippen LogP contribution in [-0.4, -0.2) is 53.2 Å². The second kappa shape index (κ2) is 14.7. The van der Waals surface area contributed by atoms with Crippen molar-refractivity contribution in [2.75, 3.05) is 26.6 Å². The largest absolute Gasteiger partial charge is 0.493 e. The number of imidazole rings is 1. The summed E-state index contributed by atoms with van der Waals surface area (Å²) in [5.74, 6) is 2.19. The van der Waals surface area contributed by atoms with E-state index >= 15 is 0 Å². The zero-order valence-electron chi connectivity index (χ0n) is 25.5. The van der Waals surface area contributed by atoms with Crippen LogP contribution in [0.5, 0.6) is 17.2 Å². The Labute approximate surface area is 257 Å². The van der Waals surface area contributed by atoms with Gasteiger partial charge in [-0.15, -0.1) is 0 Å². The molecule has 3 aromatic heterocycles. The third kappa shape index (κ3) is 7.20. The van der Waals surface area contributed by atoms with Gasteiger partial charge in [0.15, 0.2) is 17.1 Å². The number of rotatable bonds is 8. The maximum atomic E-state index is 13.3. The highest BCUT2D eigenvalue weighted by Crippen LogP contribution is 2.39. The van der Waals surface area contributed by atoms with Crippen molar-refractivity contribution in [3.8, 4) is 22.9 Å². The van der Waals surface area contributed by atoms with Crippen molar-refractivity contribution in [1.29, 1.82) is 0 Å². The number of aryl methyl sites for hydroxylation is 1. The quantitative estimate of drug-likeness (QED) is 0.180. The summed E-state index contributed by atoms with van der Waals surface area (Å²) in [6, 6.07) is 11.7. The summed E-state index contributed by atoms with van der Waals surface area (Å²) in [6.07, 6.45) is 5.99. The summed E-state index contributed by atoms with van der Waals surface area (Å²) in [6.45, 7) is 10.1. The van der Waals surface area contributed by atoms with Gasteiger partial charge in [0.2, 0.25) is 11.0 Å². The fraction of sp³-hybridized carbons (Fsp3) is 0.300. The first-order valence-corrected chi connectivity index (χ1v) is 15.5. The Morgan fingerprint density at radius 2 is 1.53 bits per heavy atom. The number of hydrogen-bond donors (Lipinski definition) is 1. The number of halogens is 1. The number of anilines is 2. The first-order chi connectivity index (χ1) is 20.7. The summed E-state index contributed by atoms with van der Waals surface area (Å²) in [5.41, 5.74) is 1.79. The lowest BCUT2D eigenvalue weighted by Crippen LogP contribution is -2.12. The average Bonchev–Trinajstić information content (AvgIpc) is 3.66. The molecule has 0 radical (unpaired) electrons. The van der Waals surface area contributed by atoms with E-state index in [1.54, 1.807) is 59.6 Å². The van der Waals surface area contributed by atoms with Crippen LogP contribution in [0.4, 0.5) is 11.6 Å². The first-order valence-electron chi connectivity index (χ1n) is 13.6. The number of benzene rings is 2. The van der Waals surface area contributed by atoms with Crippen LogP contribution in [0.25, 0.3) is 16.7 Å². The lowest BCUT2D eigenvalue weighted by atomic mass is 10.2. The lowest BCUT2D eigenvalue weighted by Gasteiger charge is -2.14. The van der Waals surface area contributed by atoms with E-state index in [2.05, 4.69) is 34.1 Å². The molecule has 5 aromatic rings. The minimum Gasteiger partial charge on any atom is -0.493 e. The van der Waals surface area contributed by atoms with Crippen molar-refractivity contribution in [1.82, 2.24) is 23.5 Å². The van der Waals surface area contributed by atoms with Crippen molar-refractivity contribution in [3.05, 3.63) is 72.0 Å². The Morgan fingerprint density at radius 3 is 2.09 bits per heavy atom. The van der Waals surface area contributed by atoms with E-state index < -0.39 is 10.0 Å². The zero-order chi connectivity index (χ0) is 31.7. The number of nitrogens with one attached hydrogen (secondary N) is 1. The van der Waals surface area contributed by atoms with Gasteiger partial charge in [0, 0.05) is 18.3 Å². The lowest BCUT2D eigenvalue weighted by molar-refractivity contribution is 0.324. The molecule has 2 aromatic carbocycles. The van der Waals surface area contributed by atoms with Crippen molar-refractivity contribution in [2.45, 2.75) is 45.9 Å². The van der Waals surface area contributed by atoms with Crippen molar-refractivity contribution in [3.63, 3.8) is 0 Å². The molecule has 0 fully saturated rings. The summed E-state index contributed by atoms with van der Waals surface area (Å²) in [4.78, 5) is 13.0. The van der Waals surface area contributed by atoms with E-state index in [0.717, 1.165) is 9.54 Å². The van der Waals surface area contributed by atoms with E-state index in [4.69, 9.17) is 25.8 Å². The second-order valence-corrected chi connectivity index (χ2v) is 11.0. The van der Waals surface area contributed by atoms with E-state index in [0.29, 0.717) is 40.0 Å². The third-order valence-corrected chi connectivity index (χ3v) is 7.69. The second-order valence-electron chi connectivity index (χ2n) is 8.89. The van der Waals surface area contributed by atoms with Gasteiger partial charge in [0.1, 0.15) is 18.0 Å². The summed E-state index contributed by atoms with van der Waals surface area (Å²) in [7, 11) is 0.702. The molecule has 0 spiro atoms. The molecule has 0 unspecified atom stereocenters. The van der Waals surface area contributed by atoms with Gasteiger partial charge in [-0.05, 0) is 36.7 Å². The average molecular weight is 629 g/mol. The van der Waals surface area contributed by atoms with Gasteiger partial charge < -0.3 is 24.1 Å². The molecule has 43 heavy (non-hydrogen) atoms. The minimum absolute atomic E-state index is 0.122. The summed E-state index contributed by atoms with van der Waals surface area (Å²) >= 11 is 6.20. The van der Waals surface area contributed by atoms with Gasteiger partial charge in [0.05, 0.1) is 43.5 Å². The van der Waals surface area contributed by atoms with Crippen molar-refractivity contribution < 1.29 is 22.6 Å². The van der Waals surface area contributed by atoms with Crippen LogP contribution >= 0.6 is 11.6 Å². The normalized spacial score (nSPS) is 10.7. The standard InChI is InChI=1S/C25H23ClN6O5S.C3H8.C2H6/c1-15-5-7-17(8-6-15)38(33,34)32-10-9-18-23(29-25(26)30-24(18)32)28-21-13-31(14-27-21)16-11-19(35-2)22(37-4)20(12-16)36-3;1-3-2;1-2/h5-14H,1-4H3,(H,28,29,30);3H2,1-2H3;1-2H3. The maximum Gasteiger partial charge on any atom is 0.269 e. The molecule has 230 valence electrons. The fourth-order valence-corrected chi connectivity index (χ4v) is 5.40. The zero-order valence-corrected chi connectivity index (χ0v) is 27.1. The van der Waals surface area contributed by atoms with E-state index in [-0.39, 0.29) is 15.8 Å². The van der Waals surface area contributed by atoms with Crippen molar-refractivity contribution in [2.24, 2.45) is 0 Å². The molecule has 5 rings (SSSR count). The third-order valence-electron chi connectivity index (χ3n) is 5.84. The van der Waals surface area contributed by atoms with Crippen LogP contribution in [0.15, 0.2) is 66.1 Å². The van der Waals surface area contributed by atoms with E-state index in [1.807, 2.05) is 20.8 Å². The molecule has 0 bridgehead atoms. The summed E-state index contributed by atoms with van der Waals surface area (Å²) < 4.78 is 45.7. The molecule has 13 heteroatoms. The molecule has 11 nitrogen and oxygen atoms in total. The van der Waals surface area contributed by atoms with Gasteiger partial charge in [0.25, 0.3) is 10.0 Å². The van der Waals surface area contributed by atoms with Gasteiger partial charge in [-0.25, -0.2) is 17.4 Å². The maximum absolute atomic E-state index is 13.3. The van der Waals surface area contributed by atoms with Crippen LogP contribution in [-0.2, 0) is 10.0 Å². The summed E-state index contributed by atoms with van der Waals surface area (Å²) in [5, 5.41) is 3.44. The molecule has 0 aliphatic heterocycles. The minimum atomic E-state index is -3.91. The molecule has 0 amide bonds. The Bertz CT molecular complexity index is 1740. The smallest absolute Gasteiger partial charge is 0.269 e. The molecule has 1 N–H and O–H groups in total. The van der Waals surface area contributed by atoms with Gasteiger partial charge in [-0.1, -0.05) is 51.8 Å². The van der Waals surface area contributed by atoms with E-state index in [1.165, 1.54) is 33.9 Å².